The molecule has 0 spiro atoms. The summed E-state index contributed by atoms with van der Waals surface area (Å²) in [6, 6.07) is 12.8. The first-order chi connectivity index (χ1) is 12.1. The van der Waals surface area contributed by atoms with Crippen LogP contribution in [0.1, 0.15) is 12.0 Å². The van der Waals surface area contributed by atoms with Crippen LogP contribution >= 0.6 is 0 Å². The van der Waals surface area contributed by atoms with Crippen molar-refractivity contribution in [3.05, 3.63) is 60.2 Å². The van der Waals surface area contributed by atoms with Gasteiger partial charge in [0.1, 0.15) is 0 Å². The third-order valence-electron chi connectivity index (χ3n) is 3.48. The minimum Gasteiger partial charge on any atom is -0.326 e. The van der Waals surface area contributed by atoms with Crippen molar-refractivity contribution in [2.75, 3.05) is 22.4 Å². The number of benzene rings is 2. The molecule has 0 heterocycles. The number of rotatable bonds is 6. The summed E-state index contributed by atoms with van der Waals surface area (Å²) in [4.78, 5) is 12.0. The third-order valence-corrected chi connectivity index (χ3v) is 4.66. The molecule has 0 unspecified atom stereocenters. The van der Waals surface area contributed by atoms with Crippen molar-refractivity contribution in [1.82, 2.24) is 0 Å². The Hall–Kier alpha value is -2.55. The maximum atomic E-state index is 13.2. The molecule has 0 aliphatic heterocycles. The number of hydrogen-bond donors (Lipinski definition) is 1. The van der Waals surface area contributed by atoms with Gasteiger partial charge < -0.3 is 5.32 Å². The number of hydrogen-bond acceptors (Lipinski definition) is 3. The van der Waals surface area contributed by atoms with E-state index in [0.717, 1.165) is 18.4 Å². The molecule has 140 valence electrons. The molecule has 0 bridgehead atoms. The highest BCUT2D eigenvalue weighted by Gasteiger charge is 2.36. The molecule has 26 heavy (non-hydrogen) atoms. The lowest BCUT2D eigenvalue weighted by Gasteiger charge is -2.25. The van der Waals surface area contributed by atoms with Crippen molar-refractivity contribution >= 4 is 27.3 Å². The molecule has 0 saturated carbocycles. The van der Waals surface area contributed by atoms with Crippen LogP contribution in [0.5, 0.6) is 0 Å². The van der Waals surface area contributed by atoms with E-state index in [4.69, 9.17) is 0 Å². The highest BCUT2D eigenvalue weighted by molar-refractivity contribution is 7.92. The summed E-state index contributed by atoms with van der Waals surface area (Å²) < 4.78 is 64.2. The second-order valence-corrected chi connectivity index (χ2v) is 7.42. The third kappa shape index (κ3) is 5.22. The first-order valence-electron chi connectivity index (χ1n) is 7.58. The Morgan fingerprint density at radius 3 is 2.19 bits per heavy atom. The second kappa shape index (κ2) is 7.77. The van der Waals surface area contributed by atoms with Gasteiger partial charge in [0.05, 0.1) is 17.5 Å². The average molecular weight is 386 g/mol. The molecule has 0 fully saturated rings. The monoisotopic (exact) mass is 386 g/mol. The number of nitrogens with zero attached hydrogens (tertiary/aromatic N) is 1. The van der Waals surface area contributed by atoms with Gasteiger partial charge in [0.15, 0.2) is 0 Å². The van der Waals surface area contributed by atoms with E-state index in [1.54, 1.807) is 30.3 Å². The molecule has 0 aliphatic carbocycles. The standard InChI is InChI=1S/C17H17F3N2O3S/c1-26(24,25)22(15-10-6-5-9-14(15)17(18,19)20)12-11-16(23)21-13-7-3-2-4-8-13/h2-10H,11-12H2,1H3,(H,21,23). The van der Waals surface area contributed by atoms with Gasteiger partial charge in [-0.2, -0.15) is 13.2 Å². The topological polar surface area (TPSA) is 66.5 Å². The van der Waals surface area contributed by atoms with E-state index in [2.05, 4.69) is 5.32 Å². The average Bonchev–Trinajstić information content (AvgIpc) is 2.54. The molecule has 0 aliphatic rings. The lowest BCUT2D eigenvalue weighted by atomic mass is 10.1. The van der Waals surface area contributed by atoms with Crippen molar-refractivity contribution in [3.8, 4) is 0 Å². The molecule has 9 heteroatoms. The van der Waals surface area contributed by atoms with Crippen LogP contribution in [0.25, 0.3) is 0 Å². The Balaban J connectivity index is 2.21. The fourth-order valence-electron chi connectivity index (χ4n) is 2.34. The van der Waals surface area contributed by atoms with Gasteiger partial charge in [0.25, 0.3) is 0 Å². The van der Waals surface area contributed by atoms with Gasteiger partial charge in [-0.25, -0.2) is 8.42 Å². The number of carbonyl (C=O) groups excluding carboxylic acids is 1. The number of anilines is 2. The van der Waals surface area contributed by atoms with Crippen molar-refractivity contribution < 1.29 is 26.4 Å². The van der Waals surface area contributed by atoms with E-state index in [9.17, 15) is 26.4 Å². The highest BCUT2D eigenvalue weighted by atomic mass is 32.2. The molecule has 0 atom stereocenters. The molecule has 2 aromatic rings. The molecule has 0 radical (unpaired) electrons. The number of nitrogens with one attached hydrogen (secondary N) is 1. The summed E-state index contributed by atoms with van der Waals surface area (Å²) >= 11 is 0. The first kappa shape index (κ1) is 19.8. The van der Waals surface area contributed by atoms with Crippen molar-refractivity contribution in [3.63, 3.8) is 0 Å². The minimum atomic E-state index is -4.72. The molecule has 0 aromatic heterocycles. The summed E-state index contributed by atoms with van der Waals surface area (Å²) in [6.45, 7) is -0.412. The largest absolute Gasteiger partial charge is 0.418 e. The van der Waals surface area contributed by atoms with Crippen LogP contribution < -0.4 is 9.62 Å². The number of sulfonamides is 1. The zero-order chi connectivity index (χ0) is 19.4. The summed E-state index contributed by atoms with van der Waals surface area (Å²) in [7, 11) is -4.02. The molecule has 1 N–H and O–H groups in total. The van der Waals surface area contributed by atoms with Crippen LogP contribution in [0.3, 0.4) is 0 Å². The van der Waals surface area contributed by atoms with Gasteiger partial charge in [-0.1, -0.05) is 30.3 Å². The van der Waals surface area contributed by atoms with E-state index in [-0.39, 0.29) is 6.42 Å². The quantitative estimate of drug-likeness (QED) is 0.826. The maximum absolute atomic E-state index is 13.2. The van der Waals surface area contributed by atoms with Crippen LogP contribution in [0.4, 0.5) is 24.5 Å². The molecule has 5 nitrogen and oxygen atoms in total. The van der Waals surface area contributed by atoms with Gasteiger partial charge in [-0.05, 0) is 24.3 Å². The lowest BCUT2D eigenvalue weighted by Crippen LogP contribution is -2.34. The van der Waals surface area contributed by atoms with E-state index < -0.39 is 39.9 Å². The smallest absolute Gasteiger partial charge is 0.326 e. The predicted molar refractivity (Wildman–Crippen MR) is 93.3 cm³/mol. The van der Waals surface area contributed by atoms with Gasteiger partial charge in [0.2, 0.25) is 15.9 Å². The zero-order valence-electron chi connectivity index (χ0n) is 13.8. The molecular formula is C17H17F3N2O3S. The number of halogens is 3. The van der Waals surface area contributed by atoms with E-state index in [1.807, 2.05) is 0 Å². The van der Waals surface area contributed by atoms with Crippen LogP contribution in [0.15, 0.2) is 54.6 Å². The summed E-state index contributed by atoms with van der Waals surface area (Å²) in [5, 5.41) is 2.56. The number of para-hydroxylation sites is 2. The lowest BCUT2D eigenvalue weighted by molar-refractivity contribution is -0.137. The summed E-state index contributed by atoms with van der Waals surface area (Å²) in [5.41, 5.74) is -1.07. The van der Waals surface area contributed by atoms with Gasteiger partial charge in [-0.15, -0.1) is 0 Å². The highest BCUT2D eigenvalue weighted by Crippen LogP contribution is 2.37. The fraction of sp³-hybridized carbons (Fsp3) is 0.235. The maximum Gasteiger partial charge on any atom is 0.418 e. The number of carbonyl (C=O) groups is 1. The summed E-state index contributed by atoms with van der Waals surface area (Å²) in [5.74, 6) is -0.505. The Kier molecular flexibility index (Phi) is 5.91. The Bertz CT molecular complexity index is 868. The fourth-order valence-corrected chi connectivity index (χ4v) is 3.28. The first-order valence-corrected chi connectivity index (χ1v) is 9.42. The molecule has 2 aromatic carbocycles. The van der Waals surface area contributed by atoms with Gasteiger partial charge >= 0.3 is 6.18 Å². The summed E-state index contributed by atoms with van der Waals surface area (Å²) in [6.07, 6.45) is -4.21. The Morgan fingerprint density at radius 1 is 1.04 bits per heavy atom. The zero-order valence-corrected chi connectivity index (χ0v) is 14.6. The van der Waals surface area contributed by atoms with Crippen LogP contribution in [0.2, 0.25) is 0 Å². The van der Waals surface area contributed by atoms with E-state index >= 15 is 0 Å². The van der Waals surface area contributed by atoms with Crippen molar-refractivity contribution in [1.29, 1.82) is 0 Å². The van der Waals surface area contributed by atoms with Crippen LogP contribution in [-0.2, 0) is 21.0 Å². The van der Waals surface area contributed by atoms with Crippen LogP contribution in [-0.4, -0.2) is 27.1 Å². The van der Waals surface area contributed by atoms with Crippen molar-refractivity contribution in [2.24, 2.45) is 0 Å². The molecule has 0 saturated heterocycles. The SMILES string of the molecule is CS(=O)(=O)N(CCC(=O)Nc1ccccc1)c1ccccc1C(F)(F)F. The number of alkyl halides is 3. The van der Waals surface area contributed by atoms with Gasteiger partial charge in [0, 0.05) is 18.7 Å². The molecule has 1 amide bonds. The molecule has 2 rings (SSSR count). The van der Waals surface area contributed by atoms with Crippen molar-refractivity contribution in [2.45, 2.75) is 12.6 Å². The predicted octanol–water partition coefficient (Wildman–Crippen LogP) is 3.50. The second-order valence-electron chi connectivity index (χ2n) is 5.51. The Morgan fingerprint density at radius 2 is 1.62 bits per heavy atom. The number of amides is 1. The normalized spacial score (nSPS) is 11.8. The van der Waals surface area contributed by atoms with Gasteiger partial charge in [-0.3, -0.25) is 9.10 Å². The molecular weight excluding hydrogens is 369 g/mol. The Labute approximate surface area is 149 Å². The van der Waals surface area contributed by atoms with Crippen LogP contribution in [0, 0.1) is 0 Å². The van der Waals surface area contributed by atoms with E-state index in [1.165, 1.54) is 12.1 Å². The van der Waals surface area contributed by atoms with E-state index in [0.29, 0.717) is 9.99 Å². The minimum absolute atomic E-state index is 0.297.